The molecule has 0 aliphatic heterocycles. The first kappa shape index (κ1) is 13.4. The maximum absolute atomic E-state index is 8.90. The Balaban J connectivity index is 2.07. The second-order valence-electron chi connectivity index (χ2n) is 4.56. The van der Waals surface area contributed by atoms with Crippen molar-refractivity contribution in [3.8, 4) is 6.07 Å². The van der Waals surface area contributed by atoms with Gasteiger partial charge in [0.15, 0.2) is 0 Å². The number of pyridine rings is 1. The number of hydrogen-bond acceptors (Lipinski definition) is 4. The number of nitrogen functional groups attached to an aromatic ring is 1. The summed E-state index contributed by atoms with van der Waals surface area (Å²) in [6.45, 7) is 0. The molecule has 0 fully saturated rings. The number of nitrogens with one attached hydrogen (secondary N) is 1. The molecule has 0 saturated carbocycles. The molecule has 1 aromatic heterocycles. The maximum Gasteiger partial charge on any atom is 0.0992 e. The molecule has 0 radical (unpaired) electrons. The molecule has 102 valence electrons. The zero-order valence-electron chi connectivity index (χ0n) is 11.0. The van der Waals surface area contributed by atoms with Gasteiger partial charge in [-0.3, -0.25) is 4.98 Å². The van der Waals surface area contributed by atoms with E-state index in [-0.39, 0.29) is 0 Å². The van der Waals surface area contributed by atoms with Crippen molar-refractivity contribution < 1.29 is 0 Å². The SMILES string of the molecule is N#Cc1ccc(Nc2ccc(N)c3ccncc23)c(Br)c1. The minimum Gasteiger partial charge on any atom is -0.398 e. The number of nitrogens with zero attached hydrogens (tertiary/aromatic N) is 2. The van der Waals surface area contributed by atoms with Crippen LogP contribution >= 0.6 is 15.9 Å². The van der Waals surface area contributed by atoms with Crippen molar-refractivity contribution in [3.63, 3.8) is 0 Å². The van der Waals surface area contributed by atoms with Crippen LogP contribution in [0.25, 0.3) is 10.8 Å². The highest BCUT2D eigenvalue weighted by Crippen LogP contribution is 2.32. The first-order valence-corrected chi connectivity index (χ1v) is 7.07. The minimum atomic E-state index is 0.608. The van der Waals surface area contributed by atoms with Gasteiger partial charge < -0.3 is 11.1 Å². The molecule has 0 atom stereocenters. The van der Waals surface area contributed by atoms with Crippen molar-refractivity contribution in [3.05, 3.63) is 58.8 Å². The Bertz CT molecular complexity index is 868. The predicted octanol–water partition coefficient (Wildman–Crippen LogP) is 4.19. The molecule has 2 aromatic carbocycles. The van der Waals surface area contributed by atoms with E-state index in [4.69, 9.17) is 11.0 Å². The Morgan fingerprint density at radius 3 is 2.67 bits per heavy atom. The fraction of sp³-hybridized carbons (Fsp3) is 0. The summed E-state index contributed by atoms with van der Waals surface area (Å²) in [5, 5.41) is 14.2. The molecule has 4 nitrogen and oxygen atoms in total. The van der Waals surface area contributed by atoms with Crippen LogP contribution in [0.2, 0.25) is 0 Å². The lowest BCUT2D eigenvalue weighted by Gasteiger charge is -2.12. The van der Waals surface area contributed by atoms with Crippen molar-refractivity contribution in [2.45, 2.75) is 0 Å². The van der Waals surface area contributed by atoms with Gasteiger partial charge in [0, 0.05) is 39.0 Å². The Morgan fingerprint density at radius 1 is 1.10 bits per heavy atom. The van der Waals surface area contributed by atoms with Crippen LogP contribution in [-0.2, 0) is 0 Å². The lowest BCUT2D eigenvalue weighted by molar-refractivity contribution is 1.36. The molecule has 0 saturated heterocycles. The van der Waals surface area contributed by atoms with Crippen molar-refractivity contribution in [1.82, 2.24) is 4.98 Å². The maximum atomic E-state index is 8.90. The highest BCUT2D eigenvalue weighted by atomic mass is 79.9. The highest BCUT2D eigenvalue weighted by molar-refractivity contribution is 9.10. The lowest BCUT2D eigenvalue weighted by Crippen LogP contribution is -1.95. The Hall–Kier alpha value is -2.58. The van der Waals surface area contributed by atoms with Gasteiger partial charge in [0.05, 0.1) is 17.3 Å². The Morgan fingerprint density at radius 2 is 1.90 bits per heavy atom. The van der Waals surface area contributed by atoms with Crippen LogP contribution in [0, 0.1) is 11.3 Å². The molecule has 5 heteroatoms. The Labute approximate surface area is 130 Å². The van der Waals surface area contributed by atoms with E-state index in [1.54, 1.807) is 24.5 Å². The monoisotopic (exact) mass is 338 g/mol. The lowest BCUT2D eigenvalue weighted by atomic mass is 10.1. The van der Waals surface area contributed by atoms with Gasteiger partial charge in [-0.15, -0.1) is 0 Å². The van der Waals surface area contributed by atoms with E-state index in [1.165, 1.54) is 0 Å². The molecule has 3 aromatic rings. The third kappa shape index (κ3) is 2.54. The highest BCUT2D eigenvalue weighted by Gasteiger charge is 2.07. The first-order chi connectivity index (χ1) is 10.2. The van der Waals surface area contributed by atoms with Crippen LogP contribution in [0.15, 0.2) is 53.3 Å². The standard InChI is InChI=1S/C16H11BrN4/c17-13-7-10(8-18)1-3-16(13)21-15-4-2-14(19)11-5-6-20-9-12(11)15/h1-7,9,21H,19H2. The summed E-state index contributed by atoms with van der Waals surface area (Å²) in [5.41, 5.74) is 9.11. The smallest absolute Gasteiger partial charge is 0.0992 e. The van der Waals surface area contributed by atoms with E-state index in [9.17, 15) is 0 Å². The van der Waals surface area contributed by atoms with Crippen molar-refractivity contribution in [2.75, 3.05) is 11.1 Å². The number of benzene rings is 2. The second-order valence-corrected chi connectivity index (χ2v) is 5.41. The van der Waals surface area contributed by atoms with Gasteiger partial charge >= 0.3 is 0 Å². The number of hydrogen-bond donors (Lipinski definition) is 2. The van der Waals surface area contributed by atoms with Gasteiger partial charge in [-0.2, -0.15) is 5.26 Å². The van der Waals surface area contributed by atoms with E-state index in [1.807, 2.05) is 24.3 Å². The molecular weight excluding hydrogens is 328 g/mol. The van der Waals surface area contributed by atoms with E-state index in [2.05, 4.69) is 32.3 Å². The van der Waals surface area contributed by atoms with Crippen molar-refractivity contribution in [1.29, 1.82) is 5.26 Å². The van der Waals surface area contributed by atoms with Crippen LogP contribution < -0.4 is 11.1 Å². The summed E-state index contributed by atoms with van der Waals surface area (Å²) in [6.07, 6.45) is 3.51. The fourth-order valence-electron chi connectivity index (χ4n) is 2.15. The quantitative estimate of drug-likeness (QED) is 0.687. The molecule has 0 spiro atoms. The average molecular weight is 339 g/mol. The summed E-state index contributed by atoms with van der Waals surface area (Å²) in [4.78, 5) is 4.16. The first-order valence-electron chi connectivity index (χ1n) is 6.28. The van der Waals surface area contributed by atoms with Gasteiger partial charge in [0.25, 0.3) is 0 Å². The number of nitriles is 1. The normalized spacial score (nSPS) is 10.3. The van der Waals surface area contributed by atoms with Gasteiger partial charge in [-0.25, -0.2) is 0 Å². The van der Waals surface area contributed by atoms with E-state index in [0.717, 1.165) is 32.3 Å². The number of nitrogens with two attached hydrogens (primary N) is 1. The largest absolute Gasteiger partial charge is 0.398 e. The van der Waals surface area contributed by atoms with Crippen LogP contribution in [0.5, 0.6) is 0 Å². The van der Waals surface area contributed by atoms with Crippen LogP contribution in [0.4, 0.5) is 17.1 Å². The number of anilines is 3. The molecule has 1 heterocycles. The zero-order chi connectivity index (χ0) is 14.8. The average Bonchev–Trinajstić information content (AvgIpc) is 2.52. The summed E-state index contributed by atoms with van der Waals surface area (Å²) < 4.78 is 0.829. The summed E-state index contributed by atoms with van der Waals surface area (Å²) >= 11 is 3.47. The van der Waals surface area contributed by atoms with E-state index >= 15 is 0 Å². The molecule has 21 heavy (non-hydrogen) atoms. The van der Waals surface area contributed by atoms with E-state index < -0.39 is 0 Å². The molecule has 0 unspecified atom stereocenters. The minimum absolute atomic E-state index is 0.608. The van der Waals surface area contributed by atoms with Gasteiger partial charge in [0.1, 0.15) is 0 Å². The van der Waals surface area contributed by atoms with E-state index in [0.29, 0.717) is 5.56 Å². The third-order valence-corrected chi connectivity index (χ3v) is 3.88. The zero-order valence-corrected chi connectivity index (χ0v) is 12.6. The van der Waals surface area contributed by atoms with Crippen LogP contribution in [0.3, 0.4) is 0 Å². The van der Waals surface area contributed by atoms with Gasteiger partial charge in [0.2, 0.25) is 0 Å². The summed E-state index contributed by atoms with van der Waals surface area (Å²) in [7, 11) is 0. The molecule has 3 N–H and O–H groups in total. The molecule has 0 amide bonds. The molecule has 3 rings (SSSR count). The topological polar surface area (TPSA) is 74.7 Å². The number of halogens is 1. The predicted molar refractivity (Wildman–Crippen MR) is 88.3 cm³/mol. The molecule has 0 bridgehead atoms. The summed E-state index contributed by atoms with van der Waals surface area (Å²) in [5.74, 6) is 0. The Kier molecular flexibility index (Phi) is 3.46. The number of fused-ring (bicyclic) bond motifs is 1. The molecule has 0 aliphatic carbocycles. The molecule has 0 aliphatic rings. The third-order valence-electron chi connectivity index (χ3n) is 3.22. The summed E-state index contributed by atoms with van der Waals surface area (Å²) in [6, 6.07) is 13.2. The van der Waals surface area contributed by atoms with Gasteiger partial charge in [-0.1, -0.05) is 0 Å². The van der Waals surface area contributed by atoms with Gasteiger partial charge in [-0.05, 0) is 52.3 Å². The van der Waals surface area contributed by atoms with Crippen LogP contribution in [-0.4, -0.2) is 4.98 Å². The number of rotatable bonds is 2. The van der Waals surface area contributed by atoms with Crippen LogP contribution in [0.1, 0.15) is 5.56 Å². The number of aromatic nitrogens is 1. The second kappa shape index (κ2) is 5.43. The van der Waals surface area contributed by atoms with Crippen molar-refractivity contribution in [2.24, 2.45) is 0 Å². The van der Waals surface area contributed by atoms with Crippen molar-refractivity contribution >= 4 is 43.8 Å². The fourth-order valence-corrected chi connectivity index (χ4v) is 2.63. The molecular formula is C16H11BrN4.